The molecule has 5 nitrogen and oxygen atoms in total. The predicted octanol–water partition coefficient (Wildman–Crippen LogP) is 3.56. The summed E-state index contributed by atoms with van der Waals surface area (Å²) in [6.45, 7) is 7.43. The maximum atomic E-state index is 12.2. The molecule has 0 heterocycles. The van der Waals surface area contributed by atoms with Gasteiger partial charge in [-0.3, -0.25) is 10.1 Å². The number of ether oxygens (including phenoxy) is 1. The highest BCUT2D eigenvalue weighted by atomic mass is 16.6. The topological polar surface area (TPSA) is 67.4 Å². The van der Waals surface area contributed by atoms with Crippen molar-refractivity contribution in [2.24, 2.45) is 5.92 Å². The molecule has 120 valence electrons. The number of carbonyl (C=O) groups excluding carboxylic acids is 2. The molecule has 1 aliphatic rings. The largest absolute Gasteiger partial charge is 0.444 e. The smallest absolute Gasteiger partial charge is 0.412 e. The van der Waals surface area contributed by atoms with Crippen LogP contribution in [0.1, 0.15) is 50.9 Å². The minimum atomic E-state index is -0.557. The highest BCUT2D eigenvalue weighted by molar-refractivity contribution is 5.96. The molecular weight excluding hydrogens is 280 g/mol. The van der Waals surface area contributed by atoms with E-state index < -0.39 is 11.7 Å². The molecule has 0 spiro atoms. The zero-order chi connectivity index (χ0) is 16.3. The number of hydrogen-bond acceptors (Lipinski definition) is 3. The van der Waals surface area contributed by atoms with E-state index in [1.54, 1.807) is 45.0 Å². The van der Waals surface area contributed by atoms with Crippen molar-refractivity contribution >= 4 is 17.7 Å². The zero-order valence-electron chi connectivity index (χ0n) is 13.6. The van der Waals surface area contributed by atoms with E-state index in [0.29, 0.717) is 17.2 Å². The summed E-state index contributed by atoms with van der Waals surface area (Å²) in [6.07, 6.45) is 1.83. The maximum absolute atomic E-state index is 12.2. The average molecular weight is 304 g/mol. The third-order valence-electron chi connectivity index (χ3n) is 3.46. The van der Waals surface area contributed by atoms with Crippen LogP contribution in [0.5, 0.6) is 0 Å². The zero-order valence-corrected chi connectivity index (χ0v) is 13.6. The molecule has 1 aromatic carbocycles. The lowest BCUT2D eigenvalue weighted by atomic mass is 10.1. The van der Waals surface area contributed by atoms with Gasteiger partial charge in [-0.25, -0.2) is 4.79 Å². The lowest BCUT2D eigenvalue weighted by molar-refractivity contribution is 0.0635. The standard InChI is InChI=1S/C17H24N2O3/c1-11(12-8-9-12)18-15(20)13-6-5-7-14(10-13)19-16(21)22-17(2,3)4/h5-7,10-12H,8-9H2,1-4H3,(H,18,20)(H,19,21)/t11-/m0/s1. The van der Waals surface area contributed by atoms with E-state index in [4.69, 9.17) is 4.74 Å². The van der Waals surface area contributed by atoms with Crippen LogP contribution in [-0.2, 0) is 4.74 Å². The van der Waals surface area contributed by atoms with Crippen LogP contribution in [-0.4, -0.2) is 23.6 Å². The maximum Gasteiger partial charge on any atom is 0.412 e. The lowest BCUT2D eigenvalue weighted by Crippen LogP contribution is -2.34. The number of rotatable bonds is 4. The molecule has 1 fully saturated rings. The molecular formula is C17H24N2O3. The second kappa shape index (κ2) is 6.38. The van der Waals surface area contributed by atoms with Gasteiger partial charge in [-0.15, -0.1) is 0 Å². The molecule has 1 saturated carbocycles. The average Bonchev–Trinajstić information content (AvgIpc) is 3.20. The second-order valence-electron chi connectivity index (χ2n) is 6.81. The van der Waals surface area contributed by atoms with E-state index in [2.05, 4.69) is 10.6 Å². The molecule has 1 aliphatic carbocycles. The first-order valence-corrected chi connectivity index (χ1v) is 7.65. The summed E-state index contributed by atoms with van der Waals surface area (Å²) in [5, 5.41) is 5.64. The molecule has 2 N–H and O–H groups in total. The summed E-state index contributed by atoms with van der Waals surface area (Å²) in [5.74, 6) is 0.485. The molecule has 0 aromatic heterocycles. The van der Waals surface area contributed by atoms with Crippen LogP contribution in [0.15, 0.2) is 24.3 Å². The van der Waals surface area contributed by atoms with Crippen LogP contribution >= 0.6 is 0 Å². The Kier molecular flexibility index (Phi) is 4.74. The fourth-order valence-electron chi connectivity index (χ4n) is 2.16. The van der Waals surface area contributed by atoms with E-state index in [-0.39, 0.29) is 11.9 Å². The van der Waals surface area contributed by atoms with Gasteiger partial charge in [0, 0.05) is 17.3 Å². The molecule has 5 heteroatoms. The minimum Gasteiger partial charge on any atom is -0.444 e. The molecule has 0 saturated heterocycles. The number of benzene rings is 1. The van der Waals surface area contributed by atoms with Crippen molar-refractivity contribution in [3.63, 3.8) is 0 Å². The van der Waals surface area contributed by atoms with E-state index in [0.717, 1.165) is 0 Å². The van der Waals surface area contributed by atoms with Crippen LogP contribution in [0.2, 0.25) is 0 Å². The van der Waals surface area contributed by atoms with Gasteiger partial charge in [0.05, 0.1) is 0 Å². The third-order valence-corrected chi connectivity index (χ3v) is 3.46. The number of nitrogens with one attached hydrogen (secondary N) is 2. The molecule has 1 aromatic rings. The van der Waals surface area contributed by atoms with Crippen LogP contribution in [0.25, 0.3) is 0 Å². The van der Waals surface area contributed by atoms with E-state index in [9.17, 15) is 9.59 Å². The molecule has 22 heavy (non-hydrogen) atoms. The summed E-state index contributed by atoms with van der Waals surface area (Å²) in [6, 6.07) is 7.04. The Bertz CT molecular complexity index is 559. The third kappa shape index (κ3) is 5.06. The molecule has 1 atom stereocenters. The SMILES string of the molecule is C[C@H](NC(=O)c1cccc(NC(=O)OC(C)(C)C)c1)C1CC1. The number of hydrogen-bond donors (Lipinski definition) is 2. The molecule has 0 radical (unpaired) electrons. The first-order valence-electron chi connectivity index (χ1n) is 7.65. The Morgan fingerprint density at radius 3 is 2.55 bits per heavy atom. The highest BCUT2D eigenvalue weighted by Gasteiger charge is 2.29. The molecule has 2 amide bonds. The number of amides is 2. The second-order valence-corrected chi connectivity index (χ2v) is 6.81. The summed E-state index contributed by atoms with van der Waals surface area (Å²) in [4.78, 5) is 23.9. The minimum absolute atomic E-state index is 0.118. The Morgan fingerprint density at radius 1 is 1.27 bits per heavy atom. The Morgan fingerprint density at radius 2 is 1.95 bits per heavy atom. The lowest BCUT2D eigenvalue weighted by Gasteiger charge is -2.19. The van der Waals surface area contributed by atoms with Crippen molar-refractivity contribution in [1.29, 1.82) is 0 Å². The molecule has 2 rings (SSSR count). The first kappa shape index (κ1) is 16.3. The van der Waals surface area contributed by atoms with Gasteiger partial charge in [-0.2, -0.15) is 0 Å². The van der Waals surface area contributed by atoms with Gasteiger partial charge < -0.3 is 10.1 Å². The number of carbonyl (C=O) groups is 2. The fourth-order valence-corrected chi connectivity index (χ4v) is 2.16. The summed E-state index contributed by atoms with van der Waals surface area (Å²) < 4.78 is 5.20. The van der Waals surface area contributed by atoms with Gasteiger partial charge in [0.25, 0.3) is 5.91 Å². The predicted molar refractivity (Wildman–Crippen MR) is 86.0 cm³/mol. The van der Waals surface area contributed by atoms with E-state index in [1.165, 1.54) is 12.8 Å². The fraction of sp³-hybridized carbons (Fsp3) is 0.529. The molecule has 0 aliphatic heterocycles. The Labute approximate surface area is 131 Å². The van der Waals surface area contributed by atoms with Crippen molar-refractivity contribution in [3.8, 4) is 0 Å². The Balaban J connectivity index is 1.96. The van der Waals surface area contributed by atoms with Crippen molar-refractivity contribution in [3.05, 3.63) is 29.8 Å². The summed E-state index contributed by atoms with van der Waals surface area (Å²) in [7, 11) is 0. The van der Waals surface area contributed by atoms with E-state index >= 15 is 0 Å². The normalized spacial score (nSPS) is 15.8. The van der Waals surface area contributed by atoms with Gasteiger partial charge in [0.2, 0.25) is 0 Å². The van der Waals surface area contributed by atoms with Gasteiger partial charge in [0.1, 0.15) is 5.60 Å². The Hall–Kier alpha value is -2.04. The van der Waals surface area contributed by atoms with Crippen molar-refractivity contribution < 1.29 is 14.3 Å². The van der Waals surface area contributed by atoms with Crippen molar-refractivity contribution in [2.75, 3.05) is 5.32 Å². The highest BCUT2D eigenvalue weighted by Crippen LogP contribution is 2.32. The van der Waals surface area contributed by atoms with Crippen LogP contribution in [0.4, 0.5) is 10.5 Å². The number of anilines is 1. The monoisotopic (exact) mass is 304 g/mol. The quantitative estimate of drug-likeness (QED) is 0.893. The van der Waals surface area contributed by atoms with Crippen molar-refractivity contribution in [1.82, 2.24) is 5.32 Å². The van der Waals surface area contributed by atoms with Gasteiger partial charge in [-0.05, 0) is 64.7 Å². The molecule has 0 bridgehead atoms. The van der Waals surface area contributed by atoms with Crippen LogP contribution in [0.3, 0.4) is 0 Å². The molecule has 0 unspecified atom stereocenters. The van der Waals surface area contributed by atoms with Gasteiger partial charge >= 0.3 is 6.09 Å². The van der Waals surface area contributed by atoms with Gasteiger partial charge in [0.15, 0.2) is 0 Å². The summed E-state index contributed by atoms with van der Waals surface area (Å²) >= 11 is 0. The first-order chi connectivity index (χ1) is 10.2. The van der Waals surface area contributed by atoms with Crippen LogP contribution < -0.4 is 10.6 Å². The van der Waals surface area contributed by atoms with E-state index in [1.807, 2.05) is 6.92 Å². The van der Waals surface area contributed by atoms with Crippen molar-refractivity contribution in [2.45, 2.75) is 52.2 Å². The van der Waals surface area contributed by atoms with Gasteiger partial charge in [-0.1, -0.05) is 6.07 Å². The summed E-state index contributed by atoms with van der Waals surface area (Å²) in [5.41, 5.74) is 0.515. The van der Waals surface area contributed by atoms with Crippen LogP contribution in [0, 0.1) is 5.92 Å².